The summed E-state index contributed by atoms with van der Waals surface area (Å²) in [6.07, 6.45) is 2.78. The number of anilines is 1. The number of hydrogen-bond donors (Lipinski definition) is 2. The van der Waals surface area contributed by atoms with Crippen LogP contribution in [0.2, 0.25) is 0 Å². The van der Waals surface area contributed by atoms with E-state index in [0.717, 1.165) is 36.6 Å². The van der Waals surface area contributed by atoms with Crippen LogP contribution in [-0.2, 0) is 0 Å². The molecule has 86 valence electrons. The number of aromatic amines is 1. The lowest BCUT2D eigenvalue weighted by atomic mass is 10.3. The van der Waals surface area contributed by atoms with E-state index in [4.69, 9.17) is 5.73 Å². The molecule has 0 aliphatic carbocycles. The molecule has 2 aromatic rings. The molecule has 0 aromatic carbocycles. The summed E-state index contributed by atoms with van der Waals surface area (Å²) in [6, 6.07) is 4.15. The van der Waals surface area contributed by atoms with Crippen LogP contribution in [0.25, 0.3) is 11.2 Å². The molecular weight excluding hydrogens is 226 g/mol. The van der Waals surface area contributed by atoms with E-state index in [1.54, 1.807) is 6.20 Å². The van der Waals surface area contributed by atoms with Gasteiger partial charge in [-0.25, -0.2) is 4.98 Å². The molecule has 0 amide bonds. The molecular formula is C10H14ClN5. The van der Waals surface area contributed by atoms with Gasteiger partial charge in [0, 0.05) is 25.3 Å². The average Bonchev–Trinajstić information content (AvgIpc) is 2.82. The molecule has 1 atom stereocenters. The summed E-state index contributed by atoms with van der Waals surface area (Å²) in [7, 11) is 0. The highest BCUT2D eigenvalue weighted by atomic mass is 35.5. The minimum absolute atomic E-state index is 0. The molecule has 1 fully saturated rings. The third kappa shape index (κ3) is 1.83. The van der Waals surface area contributed by atoms with Gasteiger partial charge in [0.25, 0.3) is 0 Å². The zero-order valence-electron chi connectivity index (χ0n) is 8.76. The van der Waals surface area contributed by atoms with E-state index in [9.17, 15) is 0 Å². The fraction of sp³-hybridized carbons (Fsp3) is 0.400. The van der Waals surface area contributed by atoms with Crippen LogP contribution in [0, 0.1) is 0 Å². The van der Waals surface area contributed by atoms with E-state index in [-0.39, 0.29) is 18.4 Å². The summed E-state index contributed by atoms with van der Waals surface area (Å²) < 4.78 is 0. The molecule has 16 heavy (non-hydrogen) atoms. The summed E-state index contributed by atoms with van der Waals surface area (Å²) in [5.74, 6) is 0.886. The highest BCUT2D eigenvalue weighted by Crippen LogP contribution is 2.18. The van der Waals surface area contributed by atoms with Gasteiger partial charge in [0.1, 0.15) is 0 Å². The number of fused-ring (bicyclic) bond motifs is 1. The number of hydrogen-bond acceptors (Lipinski definition) is 4. The summed E-state index contributed by atoms with van der Waals surface area (Å²) in [5, 5.41) is 0. The Hall–Kier alpha value is -1.33. The van der Waals surface area contributed by atoms with Crippen molar-refractivity contribution in [2.24, 2.45) is 5.73 Å². The predicted octanol–water partition coefficient (Wildman–Crippen LogP) is 0.917. The lowest BCUT2D eigenvalue weighted by Crippen LogP contribution is -2.26. The van der Waals surface area contributed by atoms with Gasteiger partial charge in [-0.15, -0.1) is 12.4 Å². The number of imidazole rings is 1. The van der Waals surface area contributed by atoms with Crippen molar-refractivity contribution in [2.75, 3.05) is 18.0 Å². The van der Waals surface area contributed by atoms with Crippen molar-refractivity contribution in [1.82, 2.24) is 15.0 Å². The van der Waals surface area contributed by atoms with Crippen LogP contribution in [0.4, 0.5) is 5.95 Å². The third-order valence-electron chi connectivity index (χ3n) is 2.77. The van der Waals surface area contributed by atoms with Crippen molar-refractivity contribution < 1.29 is 0 Å². The summed E-state index contributed by atoms with van der Waals surface area (Å²) >= 11 is 0. The standard InChI is InChI=1S/C10H13N5.ClH/c11-7-3-5-15(6-7)10-13-8-2-1-4-12-9(8)14-10;/h1-2,4,7H,3,5-6,11H2,(H,12,13,14);1H. The Bertz CT molecular complexity index is 450. The molecule has 0 saturated carbocycles. The van der Waals surface area contributed by atoms with Gasteiger partial charge in [-0.2, -0.15) is 4.98 Å². The summed E-state index contributed by atoms with van der Waals surface area (Å²) in [4.78, 5) is 14.1. The second kappa shape index (κ2) is 4.27. The Balaban J connectivity index is 0.000000963. The fourth-order valence-corrected chi connectivity index (χ4v) is 1.96. The van der Waals surface area contributed by atoms with Crippen LogP contribution in [0.3, 0.4) is 0 Å². The van der Waals surface area contributed by atoms with Crippen molar-refractivity contribution >= 4 is 29.5 Å². The maximum atomic E-state index is 5.86. The number of nitrogens with zero attached hydrogens (tertiary/aromatic N) is 3. The first-order chi connectivity index (χ1) is 7.33. The van der Waals surface area contributed by atoms with Crippen LogP contribution in [0.15, 0.2) is 18.3 Å². The average molecular weight is 240 g/mol. The first-order valence-electron chi connectivity index (χ1n) is 5.14. The highest BCUT2D eigenvalue weighted by molar-refractivity contribution is 5.85. The number of halogens is 1. The van der Waals surface area contributed by atoms with Gasteiger partial charge in [0.15, 0.2) is 5.65 Å². The molecule has 1 aliphatic rings. The van der Waals surface area contributed by atoms with Gasteiger partial charge >= 0.3 is 0 Å². The molecule has 5 nitrogen and oxygen atoms in total. The monoisotopic (exact) mass is 239 g/mol. The minimum atomic E-state index is 0. The van der Waals surface area contributed by atoms with E-state index >= 15 is 0 Å². The Morgan fingerprint density at radius 1 is 1.50 bits per heavy atom. The molecule has 3 rings (SSSR count). The Kier molecular flexibility index (Phi) is 2.98. The number of nitrogens with two attached hydrogens (primary N) is 1. The molecule has 0 bridgehead atoms. The predicted molar refractivity (Wildman–Crippen MR) is 65.9 cm³/mol. The maximum Gasteiger partial charge on any atom is 0.205 e. The second-order valence-corrected chi connectivity index (χ2v) is 3.93. The highest BCUT2D eigenvalue weighted by Gasteiger charge is 2.21. The molecule has 0 spiro atoms. The SMILES string of the molecule is Cl.NC1CCN(c2nc3ncccc3[nH]2)C1. The number of H-pyrrole nitrogens is 1. The first kappa shape index (κ1) is 11.2. The summed E-state index contributed by atoms with van der Waals surface area (Å²) in [6.45, 7) is 1.85. The topological polar surface area (TPSA) is 70.8 Å². The van der Waals surface area contributed by atoms with E-state index in [1.165, 1.54) is 0 Å². The third-order valence-corrected chi connectivity index (χ3v) is 2.77. The Labute approximate surface area is 99.5 Å². The molecule has 1 unspecified atom stereocenters. The lowest BCUT2D eigenvalue weighted by molar-refractivity contribution is 0.751. The maximum absolute atomic E-state index is 5.86. The van der Waals surface area contributed by atoms with Crippen LogP contribution >= 0.6 is 12.4 Å². The fourth-order valence-electron chi connectivity index (χ4n) is 1.96. The molecule has 2 aromatic heterocycles. The van der Waals surface area contributed by atoms with Crippen LogP contribution in [0.1, 0.15) is 6.42 Å². The van der Waals surface area contributed by atoms with Gasteiger partial charge in [0.2, 0.25) is 5.95 Å². The van der Waals surface area contributed by atoms with Crippen molar-refractivity contribution in [3.05, 3.63) is 18.3 Å². The zero-order valence-corrected chi connectivity index (χ0v) is 9.57. The largest absolute Gasteiger partial charge is 0.341 e. The first-order valence-corrected chi connectivity index (χ1v) is 5.14. The number of nitrogens with one attached hydrogen (secondary N) is 1. The van der Waals surface area contributed by atoms with Crippen LogP contribution in [-0.4, -0.2) is 34.1 Å². The van der Waals surface area contributed by atoms with Gasteiger partial charge < -0.3 is 15.6 Å². The van der Waals surface area contributed by atoms with Crippen molar-refractivity contribution in [1.29, 1.82) is 0 Å². The van der Waals surface area contributed by atoms with E-state index in [2.05, 4.69) is 19.9 Å². The van der Waals surface area contributed by atoms with E-state index < -0.39 is 0 Å². The molecule has 1 aliphatic heterocycles. The number of pyridine rings is 1. The number of rotatable bonds is 1. The molecule has 0 radical (unpaired) electrons. The zero-order chi connectivity index (χ0) is 10.3. The molecule has 3 N–H and O–H groups in total. The van der Waals surface area contributed by atoms with Crippen LogP contribution in [0.5, 0.6) is 0 Å². The Morgan fingerprint density at radius 2 is 2.38 bits per heavy atom. The van der Waals surface area contributed by atoms with E-state index in [1.807, 2.05) is 12.1 Å². The molecule has 1 saturated heterocycles. The van der Waals surface area contributed by atoms with Crippen molar-refractivity contribution in [3.63, 3.8) is 0 Å². The second-order valence-electron chi connectivity index (χ2n) is 3.93. The Morgan fingerprint density at radius 3 is 3.06 bits per heavy atom. The van der Waals surface area contributed by atoms with Gasteiger partial charge in [-0.3, -0.25) is 0 Å². The normalized spacial score (nSPS) is 20.1. The van der Waals surface area contributed by atoms with E-state index in [0.29, 0.717) is 0 Å². The smallest absolute Gasteiger partial charge is 0.205 e. The molecule has 6 heteroatoms. The van der Waals surface area contributed by atoms with Gasteiger partial charge in [0.05, 0.1) is 5.52 Å². The van der Waals surface area contributed by atoms with Crippen LogP contribution < -0.4 is 10.6 Å². The molecule has 3 heterocycles. The minimum Gasteiger partial charge on any atom is -0.341 e. The summed E-state index contributed by atoms with van der Waals surface area (Å²) in [5.41, 5.74) is 7.61. The number of aromatic nitrogens is 3. The van der Waals surface area contributed by atoms with Crippen molar-refractivity contribution in [3.8, 4) is 0 Å². The van der Waals surface area contributed by atoms with Crippen molar-refractivity contribution in [2.45, 2.75) is 12.5 Å². The lowest BCUT2D eigenvalue weighted by Gasteiger charge is -2.12. The van der Waals surface area contributed by atoms with Gasteiger partial charge in [-0.1, -0.05) is 0 Å². The van der Waals surface area contributed by atoms with Gasteiger partial charge in [-0.05, 0) is 18.6 Å². The quantitative estimate of drug-likeness (QED) is 0.776.